The standard InChI is InChI=1S/C27H26N4O3/c1-18-25(21-7-9-23(29-3)10-8-21)26(27(32)33-4)19(2)31(18)17-22-6-5-20(16-28)15-24(22)30-11-13-34-14-12-30/h5-10,15H,11-14,17H2,1-2,4H3. The molecule has 0 unspecified atom stereocenters. The van der Waals surface area contributed by atoms with Gasteiger partial charge in [-0.3, -0.25) is 0 Å². The smallest absolute Gasteiger partial charge is 0.340 e. The summed E-state index contributed by atoms with van der Waals surface area (Å²) in [5.41, 5.74) is 7.18. The summed E-state index contributed by atoms with van der Waals surface area (Å²) in [6.45, 7) is 14.5. The van der Waals surface area contributed by atoms with E-state index in [1.165, 1.54) is 7.11 Å². The number of ether oxygens (including phenoxy) is 2. The highest BCUT2D eigenvalue weighted by Crippen LogP contribution is 2.35. The highest BCUT2D eigenvalue weighted by atomic mass is 16.5. The third-order valence-corrected chi connectivity index (χ3v) is 6.35. The van der Waals surface area contributed by atoms with Crippen molar-refractivity contribution in [2.45, 2.75) is 20.4 Å². The summed E-state index contributed by atoms with van der Waals surface area (Å²) in [5, 5.41) is 9.45. The van der Waals surface area contributed by atoms with Crippen LogP contribution in [0.15, 0.2) is 42.5 Å². The molecule has 0 radical (unpaired) electrons. The SMILES string of the molecule is [C-]#[N+]c1ccc(-c2c(C(=O)OC)c(C)n(Cc3ccc(C#N)cc3N3CCOCC3)c2C)cc1. The minimum absolute atomic E-state index is 0.392. The summed E-state index contributed by atoms with van der Waals surface area (Å²) in [5.74, 6) is -0.392. The highest BCUT2D eigenvalue weighted by molar-refractivity contribution is 6.00. The van der Waals surface area contributed by atoms with Crippen molar-refractivity contribution in [2.75, 3.05) is 38.3 Å². The van der Waals surface area contributed by atoms with Crippen molar-refractivity contribution in [3.8, 4) is 17.2 Å². The largest absolute Gasteiger partial charge is 0.465 e. The number of carbonyl (C=O) groups excluding carboxylic acids is 1. The van der Waals surface area contributed by atoms with E-state index in [1.54, 1.807) is 12.1 Å². The van der Waals surface area contributed by atoms with Crippen molar-refractivity contribution in [3.63, 3.8) is 0 Å². The Morgan fingerprint density at radius 2 is 1.85 bits per heavy atom. The Hall–Kier alpha value is -4.07. The van der Waals surface area contributed by atoms with Crippen LogP contribution in [0.4, 0.5) is 11.4 Å². The van der Waals surface area contributed by atoms with Crippen LogP contribution in [-0.4, -0.2) is 43.9 Å². The average Bonchev–Trinajstić information content (AvgIpc) is 3.13. The van der Waals surface area contributed by atoms with Gasteiger partial charge in [0, 0.05) is 42.3 Å². The fraction of sp³-hybridized carbons (Fsp3) is 0.296. The van der Waals surface area contributed by atoms with Crippen molar-refractivity contribution < 1.29 is 14.3 Å². The van der Waals surface area contributed by atoms with Gasteiger partial charge < -0.3 is 18.9 Å². The number of hydrogen-bond acceptors (Lipinski definition) is 5. The predicted octanol–water partition coefficient (Wildman–Crippen LogP) is 4.87. The molecule has 1 saturated heterocycles. The molecule has 0 bridgehead atoms. The second-order valence-electron chi connectivity index (χ2n) is 8.21. The number of hydrogen-bond donors (Lipinski definition) is 0. The zero-order chi connectivity index (χ0) is 24.2. The number of carbonyl (C=O) groups is 1. The summed E-state index contributed by atoms with van der Waals surface area (Å²) in [4.78, 5) is 18.5. The number of methoxy groups -OCH3 is 1. The summed E-state index contributed by atoms with van der Waals surface area (Å²) >= 11 is 0. The number of rotatable bonds is 5. The Bertz CT molecular complexity index is 1300. The molecule has 0 spiro atoms. The second-order valence-corrected chi connectivity index (χ2v) is 8.21. The number of benzene rings is 2. The van der Waals surface area contributed by atoms with E-state index in [0.29, 0.717) is 36.6 Å². The van der Waals surface area contributed by atoms with Gasteiger partial charge in [0.2, 0.25) is 0 Å². The Morgan fingerprint density at radius 3 is 2.47 bits per heavy atom. The first-order chi connectivity index (χ1) is 16.5. The van der Waals surface area contributed by atoms with Crippen LogP contribution in [0.3, 0.4) is 0 Å². The van der Waals surface area contributed by atoms with Crippen LogP contribution in [0.1, 0.15) is 32.9 Å². The maximum Gasteiger partial charge on any atom is 0.340 e. The van der Waals surface area contributed by atoms with Gasteiger partial charge >= 0.3 is 5.97 Å². The van der Waals surface area contributed by atoms with Crippen molar-refractivity contribution in [3.05, 3.63) is 82.0 Å². The summed E-state index contributed by atoms with van der Waals surface area (Å²) < 4.78 is 12.8. The summed E-state index contributed by atoms with van der Waals surface area (Å²) in [6, 6.07) is 15.2. The molecule has 1 fully saturated rings. The van der Waals surface area contributed by atoms with Crippen LogP contribution in [0.25, 0.3) is 16.0 Å². The molecule has 4 rings (SSSR count). The van der Waals surface area contributed by atoms with Crippen molar-refractivity contribution in [2.24, 2.45) is 0 Å². The Labute approximate surface area is 199 Å². The van der Waals surface area contributed by atoms with Gasteiger partial charge in [0.25, 0.3) is 0 Å². The van der Waals surface area contributed by atoms with E-state index in [2.05, 4.69) is 20.4 Å². The Kier molecular flexibility index (Phi) is 6.67. The fourth-order valence-corrected chi connectivity index (χ4v) is 4.56. The quantitative estimate of drug-likeness (QED) is 0.406. The topological polar surface area (TPSA) is 71.9 Å². The zero-order valence-electron chi connectivity index (χ0n) is 19.6. The Morgan fingerprint density at radius 1 is 1.15 bits per heavy atom. The molecule has 2 heterocycles. The van der Waals surface area contributed by atoms with Gasteiger partial charge in [-0.05, 0) is 37.1 Å². The molecule has 0 saturated carbocycles. The van der Waals surface area contributed by atoms with Crippen molar-refractivity contribution in [1.29, 1.82) is 5.26 Å². The lowest BCUT2D eigenvalue weighted by atomic mass is 10.0. The Balaban J connectivity index is 1.83. The molecule has 0 N–H and O–H groups in total. The number of morpholine rings is 1. The number of aromatic nitrogens is 1. The lowest BCUT2D eigenvalue weighted by Gasteiger charge is -2.31. The van der Waals surface area contributed by atoms with Gasteiger partial charge in [-0.1, -0.05) is 30.3 Å². The van der Waals surface area contributed by atoms with Gasteiger partial charge in [0.1, 0.15) is 0 Å². The molecule has 7 heteroatoms. The van der Waals surface area contributed by atoms with Crippen LogP contribution >= 0.6 is 0 Å². The van der Waals surface area contributed by atoms with Crippen molar-refractivity contribution >= 4 is 17.3 Å². The predicted molar refractivity (Wildman–Crippen MR) is 130 cm³/mol. The lowest BCUT2D eigenvalue weighted by molar-refractivity contribution is 0.0600. The molecule has 1 aromatic heterocycles. The van der Waals surface area contributed by atoms with Gasteiger partial charge in [0.05, 0.1) is 44.1 Å². The van der Waals surface area contributed by atoms with E-state index < -0.39 is 5.97 Å². The molecular formula is C27H26N4O3. The second kappa shape index (κ2) is 9.82. The van der Waals surface area contributed by atoms with Crippen molar-refractivity contribution in [1.82, 2.24) is 4.57 Å². The van der Waals surface area contributed by atoms with Crippen LogP contribution in [0, 0.1) is 31.8 Å². The van der Waals surface area contributed by atoms with Crippen LogP contribution < -0.4 is 4.90 Å². The third kappa shape index (κ3) is 4.26. The van der Waals surface area contributed by atoms with E-state index >= 15 is 0 Å². The van der Waals surface area contributed by atoms with Crippen LogP contribution in [-0.2, 0) is 16.0 Å². The molecule has 7 nitrogen and oxygen atoms in total. The minimum atomic E-state index is -0.392. The highest BCUT2D eigenvalue weighted by Gasteiger charge is 2.26. The molecule has 1 aliphatic heterocycles. The molecule has 1 aliphatic rings. The summed E-state index contributed by atoms with van der Waals surface area (Å²) in [7, 11) is 1.39. The van der Waals surface area contributed by atoms with E-state index in [1.807, 2.05) is 44.2 Å². The number of esters is 1. The van der Waals surface area contributed by atoms with Gasteiger partial charge in [-0.2, -0.15) is 5.26 Å². The monoisotopic (exact) mass is 454 g/mol. The number of nitrogens with zero attached hydrogens (tertiary/aromatic N) is 4. The minimum Gasteiger partial charge on any atom is -0.465 e. The van der Waals surface area contributed by atoms with E-state index in [4.69, 9.17) is 16.0 Å². The maximum atomic E-state index is 12.8. The van der Waals surface area contributed by atoms with Gasteiger partial charge in [-0.15, -0.1) is 0 Å². The van der Waals surface area contributed by atoms with E-state index in [9.17, 15) is 10.1 Å². The average molecular weight is 455 g/mol. The normalized spacial score (nSPS) is 13.3. The number of nitriles is 1. The first-order valence-electron chi connectivity index (χ1n) is 11.1. The van der Waals surface area contributed by atoms with Crippen LogP contribution in [0.5, 0.6) is 0 Å². The van der Waals surface area contributed by atoms with E-state index in [0.717, 1.165) is 46.9 Å². The molecule has 172 valence electrons. The molecule has 0 aliphatic carbocycles. The van der Waals surface area contributed by atoms with Crippen LogP contribution in [0.2, 0.25) is 0 Å². The molecule has 2 aromatic carbocycles. The fourth-order valence-electron chi connectivity index (χ4n) is 4.56. The van der Waals surface area contributed by atoms with E-state index in [-0.39, 0.29) is 0 Å². The molecule has 0 atom stereocenters. The molecule has 34 heavy (non-hydrogen) atoms. The summed E-state index contributed by atoms with van der Waals surface area (Å²) in [6.07, 6.45) is 0. The molecular weight excluding hydrogens is 428 g/mol. The molecule has 0 amide bonds. The van der Waals surface area contributed by atoms with Gasteiger partial charge in [0.15, 0.2) is 5.69 Å². The third-order valence-electron chi connectivity index (χ3n) is 6.35. The zero-order valence-corrected chi connectivity index (χ0v) is 19.6. The lowest BCUT2D eigenvalue weighted by Crippen LogP contribution is -2.37. The first kappa shape index (κ1) is 23.1. The number of anilines is 1. The van der Waals surface area contributed by atoms with Gasteiger partial charge in [-0.25, -0.2) is 9.64 Å². The maximum absolute atomic E-state index is 12.8. The first-order valence-corrected chi connectivity index (χ1v) is 11.1. The molecule has 3 aromatic rings.